The second kappa shape index (κ2) is 6.85. The largest absolute Gasteiger partial charge is 0.385 e. The van der Waals surface area contributed by atoms with E-state index in [-0.39, 0.29) is 0 Å². The Kier molecular flexibility index (Phi) is 4.83. The van der Waals surface area contributed by atoms with Crippen LogP contribution in [-0.4, -0.2) is 6.54 Å². The quantitative estimate of drug-likeness (QED) is 0.792. The third-order valence-corrected chi connectivity index (χ3v) is 3.08. The van der Waals surface area contributed by atoms with E-state index in [1.54, 1.807) is 0 Å². The predicted molar refractivity (Wildman–Crippen MR) is 79.1 cm³/mol. The van der Waals surface area contributed by atoms with Crippen molar-refractivity contribution in [3.8, 4) is 0 Å². The third kappa shape index (κ3) is 3.92. The Labute approximate surface area is 110 Å². The molecule has 0 heterocycles. The van der Waals surface area contributed by atoms with Gasteiger partial charge in [-0.15, -0.1) is 0 Å². The highest BCUT2D eigenvalue weighted by molar-refractivity contribution is 5.42. The summed E-state index contributed by atoms with van der Waals surface area (Å²) >= 11 is 0. The molecule has 2 aromatic carbocycles. The lowest BCUT2D eigenvalue weighted by atomic mass is 10.1. The first-order valence-corrected chi connectivity index (χ1v) is 6.75. The predicted octanol–water partition coefficient (Wildman–Crippen LogP) is 4.29. The summed E-state index contributed by atoms with van der Waals surface area (Å²) < 4.78 is 0. The highest BCUT2D eigenvalue weighted by Crippen LogP contribution is 2.09. The minimum absolute atomic E-state index is 0.983. The molecule has 1 N–H and O–H groups in total. The van der Waals surface area contributed by atoms with Crippen LogP contribution in [0.2, 0.25) is 0 Å². The molecule has 0 amide bonds. The van der Waals surface area contributed by atoms with Crippen molar-refractivity contribution in [2.75, 3.05) is 11.9 Å². The molecule has 1 heteroatoms. The van der Waals surface area contributed by atoms with Gasteiger partial charge in [0.2, 0.25) is 0 Å². The summed E-state index contributed by atoms with van der Waals surface area (Å²) in [6, 6.07) is 19.4. The van der Waals surface area contributed by atoms with Crippen LogP contribution < -0.4 is 5.32 Å². The second-order valence-corrected chi connectivity index (χ2v) is 4.61. The Balaban J connectivity index is 1.80. The first-order valence-electron chi connectivity index (χ1n) is 6.75. The van der Waals surface area contributed by atoms with Crippen molar-refractivity contribution in [3.63, 3.8) is 0 Å². The molecule has 0 saturated heterocycles. The molecule has 0 bridgehead atoms. The lowest BCUT2D eigenvalue weighted by Crippen LogP contribution is -2.04. The van der Waals surface area contributed by atoms with Crippen LogP contribution in [0.5, 0.6) is 0 Å². The van der Waals surface area contributed by atoms with Gasteiger partial charge in [0.1, 0.15) is 0 Å². The SMILES string of the molecule is CCCc1ccc(CCNc2ccccc2)cc1. The first kappa shape index (κ1) is 12.7. The van der Waals surface area contributed by atoms with Crippen molar-refractivity contribution >= 4 is 5.69 Å². The average Bonchev–Trinajstić information content (AvgIpc) is 2.42. The van der Waals surface area contributed by atoms with Gasteiger partial charge in [-0.2, -0.15) is 0 Å². The zero-order valence-corrected chi connectivity index (χ0v) is 11.0. The van der Waals surface area contributed by atoms with Gasteiger partial charge in [0.15, 0.2) is 0 Å². The van der Waals surface area contributed by atoms with E-state index in [1.807, 2.05) is 6.07 Å². The lowest BCUT2D eigenvalue weighted by Gasteiger charge is -2.07. The number of rotatable bonds is 6. The van der Waals surface area contributed by atoms with E-state index < -0.39 is 0 Å². The smallest absolute Gasteiger partial charge is 0.0340 e. The minimum atomic E-state index is 0.983. The van der Waals surface area contributed by atoms with Gasteiger partial charge in [-0.1, -0.05) is 55.8 Å². The summed E-state index contributed by atoms with van der Waals surface area (Å²) in [5, 5.41) is 3.43. The van der Waals surface area contributed by atoms with Crippen LogP contribution in [0.15, 0.2) is 54.6 Å². The van der Waals surface area contributed by atoms with E-state index in [2.05, 4.69) is 60.8 Å². The molecular formula is C17H21N. The molecule has 2 aromatic rings. The molecule has 18 heavy (non-hydrogen) atoms. The molecule has 0 unspecified atom stereocenters. The van der Waals surface area contributed by atoms with Crippen molar-refractivity contribution < 1.29 is 0 Å². The molecule has 0 fully saturated rings. The number of hydrogen-bond acceptors (Lipinski definition) is 1. The van der Waals surface area contributed by atoms with E-state index in [4.69, 9.17) is 0 Å². The Hall–Kier alpha value is -1.76. The van der Waals surface area contributed by atoms with Crippen LogP contribution in [0.4, 0.5) is 5.69 Å². The molecular weight excluding hydrogens is 218 g/mol. The normalized spacial score (nSPS) is 10.3. The van der Waals surface area contributed by atoms with Gasteiger partial charge < -0.3 is 5.32 Å². The molecule has 0 saturated carbocycles. The van der Waals surface area contributed by atoms with Crippen LogP contribution >= 0.6 is 0 Å². The van der Waals surface area contributed by atoms with Gasteiger partial charge >= 0.3 is 0 Å². The highest BCUT2D eigenvalue weighted by atomic mass is 14.9. The van der Waals surface area contributed by atoms with E-state index in [0.29, 0.717) is 0 Å². The Morgan fingerprint density at radius 3 is 2.00 bits per heavy atom. The zero-order valence-electron chi connectivity index (χ0n) is 11.0. The molecule has 0 radical (unpaired) electrons. The Morgan fingerprint density at radius 2 is 1.39 bits per heavy atom. The molecule has 0 atom stereocenters. The molecule has 2 rings (SSSR count). The maximum absolute atomic E-state index is 3.43. The molecule has 0 aliphatic carbocycles. The number of hydrogen-bond donors (Lipinski definition) is 1. The zero-order chi connectivity index (χ0) is 12.6. The number of aryl methyl sites for hydroxylation is 1. The molecule has 0 aliphatic rings. The summed E-state index contributed by atoms with van der Waals surface area (Å²) in [7, 11) is 0. The van der Waals surface area contributed by atoms with Crippen LogP contribution in [0.3, 0.4) is 0 Å². The number of para-hydroxylation sites is 1. The highest BCUT2D eigenvalue weighted by Gasteiger charge is 1.95. The fourth-order valence-electron chi connectivity index (χ4n) is 2.07. The van der Waals surface area contributed by atoms with Crippen LogP contribution in [0.25, 0.3) is 0 Å². The van der Waals surface area contributed by atoms with Crippen LogP contribution in [0, 0.1) is 0 Å². The Bertz CT molecular complexity index is 445. The lowest BCUT2D eigenvalue weighted by molar-refractivity contribution is 0.918. The summed E-state index contributed by atoms with van der Waals surface area (Å²) in [5.41, 5.74) is 4.04. The maximum atomic E-state index is 3.43. The minimum Gasteiger partial charge on any atom is -0.385 e. The summed E-state index contributed by atoms with van der Waals surface area (Å²) in [6.07, 6.45) is 3.47. The molecule has 0 spiro atoms. The second-order valence-electron chi connectivity index (χ2n) is 4.61. The van der Waals surface area contributed by atoms with Crippen molar-refractivity contribution in [1.82, 2.24) is 0 Å². The summed E-state index contributed by atoms with van der Waals surface area (Å²) in [6.45, 7) is 3.20. The monoisotopic (exact) mass is 239 g/mol. The fraction of sp³-hybridized carbons (Fsp3) is 0.294. The standard InChI is InChI=1S/C17H21N/c1-2-6-15-9-11-16(12-10-15)13-14-18-17-7-4-3-5-8-17/h3-5,7-12,18H,2,6,13-14H2,1H3. The van der Waals surface area contributed by atoms with E-state index in [0.717, 1.165) is 13.0 Å². The van der Waals surface area contributed by atoms with Gasteiger partial charge in [-0.25, -0.2) is 0 Å². The molecule has 94 valence electrons. The van der Waals surface area contributed by atoms with Gasteiger partial charge in [0, 0.05) is 12.2 Å². The van der Waals surface area contributed by atoms with E-state index in [9.17, 15) is 0 Å². The van der Waals surface area contributed by atoms with Crippen molar-refractivity contribution in [3.05, 3.63) is 65.7 Å². The Morgan fingerprint density at radius 1 is 0.778 bits per heavy atom. The first-order chi connectivity index (χ1) is 8.88. The molecule has 0 aliphatic heterocycles. The van der Waals surface area contributed by atoms with Gasteiger partial charge in [0.05, 0.1) is 0 Å². The fourth-order valence-corrected chi connectivity index (χ4v) is 2.07. The third-order valence-electron chi connectivity index (χ3n) is 3.08. The summed E-state index contributed by atoms with van der Waals surface area (Å²) in [4.78, 5) is 0. The summed E-state index contributed by atoms with van der Waals surface area (Å²) in [5.74, 6) is 0. The van der Waals surface area contributed by atoms with Crippen LogP contribution in [-0.2, 0) is 12.8 Å². The molecule has 0 aromatic heterocycles. The number of benzene rings is 2. The van der Waals surface area contributed by atoms with Crippen molar-refractivity contribution in [2.24, 2.45) is 0 Å². The average molecular weight is 239 g/mol. The number of nitrogens with one attached hydrogen (secondary N) is 1. The van der Waals surface area contributed by atoms with Crippen molar-refractivity contribution in [2.45, 2.75) is 26.2 Å². The molecule has 1 nitrogen and oxygen atoms in total. The topological polar surface area (TPSA) is 12.0 Å². The van der Waals surface area contributed by atoms with Gasteiger partial charge in [-0.05, 0) is 36.1 Å². The maximum Gasteiger partial charge on any atom is 0.0340 e. The van der Waals surface area contributed by atoms with Crippen LogP contribution in [0.1, 0.15) is 24.5 Å². The van der Waals surface area contributed by atoms with Gasteiger partial charge in [-0.3, -0.25) is 0 Å². The van der Waals surface area contributed by atoms with E-state index in [1.165, 1.54) is 29.7 Å². The van der Waals surface area contributed by atoms with E-state index >= 15 is 0 Å². The van der Waals surface area contributed by atoms with Gasteiger partial charge in [0.25, 0.3) is 0 Å². The van der Waals surface area contributed by atoms with Crippen molar-refractivity contribution in [1.29, 1.82) is 0 Å². The number of anilines is 1.